The van der Waals surface area contributed by atoms with E-state index in [2.05, 4.69) is 32.9 Å². The van der Waals surface area contributed by atoms with E-state index >= 15 is 0 Å². The summed E-state index contributed by atoms with van der Waals surface area (Å²) < 4.78 is 5.22. The lowest BCUT2D eigenvalue weighted by atomic mass is 9.86. The first kappa shape index (κ1) is 14.3. The highest BCUT2D eigenvalue weighted by atomic mass is 35.5. The van der Waals surface area contributed by atoms with E-state index in [9.17, 15) is 0 Å². The van der Waals surface area contributed by atoms with Crippen LogP contribution in [0.4, 0.5) is 0 Å². The maximum atomic E-state index is 5.66. The molecule has 2 nitrogen and oxygen atoms in total. The molecular weight excluding hydrogens is 210 g/mol. The first-order chi connectivity index (χ1) is 6.49. The molecule has 0 heterocycles. The second-order valence-electron chi connectivity index (χ2n) is 4.48. The molecule has 0 spiro atoms. The van der Waals surface area contributed by atoms with E-state index in [1.165, 1.54) is 5.56 Å². The zero-order valence-electron chi connectivity index (χ0n) is 9.83. The Bertz CT molecular complexity index is 318. The van der Waals surface area contributed by atoms with Gasteiger partial charge in [-0.2, -0.15) is 0 Å². The summed E-state index contributed by atoms with van der Waals surface area (Å²) in [6.45, 7) is 7.09. The SMILES string of the molecule is COc1ccc(C(C)(C)C)cc1CN.Cl. The summed E-state index contributed by atoms with van der Waals surface area (Å²) in [6.07, 6.45) is 0. The van der Waals surface area contributed by atoms with Crippen molar-refractivity contribution < 1.29 is 4.74 Å². The molecule has 0 unspecified atom stereocenters. The van der Waals surface area contributed by atoms with Crippen molar-refractivity contribution in [3.8, 4) is 5.75 Å². The molecule has 0 aliphatic rings. The summed E-state index contributed by atoms with van der Waals surface area (Å²) >= 11 is 0. The van der Waals surface area contributed by atoms with Crippen molar-refractivity contribution in [2.24, 2.45) is 5.73 Å². The van der Waals surface area contributed by atoms with Crippen LogP contribution in [0, 0.1) is 0 Å². The minimum absolute atomic E-state index is 0. The maximum absolute atomic E-state index is 5.66. The Balaban J connectivity index is 0.00000196. The topological polar surface area (TPSA) is 35.2 Å². The quantitative estimate of drug-likeness (QED) is 0.847. The molecule has 0 saturated heterocycles. The Kier molecular flexibility index (Phi) is 5.12. The molecule has 0 bridgehead atoms. The number of rotatable bonds is 2. The normalized spacial score (nSPS) is 10.7. The predicted octanol–water partition coefficient (Wildman–Crippen LogP) is 2.87. The molecule has 1 aromatic rings. The van der Waals surface area contributed by atoms with E-state index in [0.29, 0.717) is 6.54 Å². The number of methoxy groups -OCH3 is 1. The second-order valence-corrected chi connectivity index (χ2v) is 4.48. The highest BCUT2D eigenvalue weighted by Crippen LogP contribution is 2.27. The Labute approximate surface area is 98.2 Å². The van der Waals surface area contributed by atoms with E-state index < -0.39 is 0 Å². The first-order valence-electron chi connectivity index (χ1n) is 4.86. The van der Waals surface area contributed by atoms with Gasteiger partial charge < -0.3 is 10.5 Å². The zero-order chi connectivity index (χ0) is 10.8. The van der Waals surface area contributed by atoms with Gasteiger partial charge in [-0.1, -0.05) is 32.9 Å². The minimum atomic E-state index is 0. The lowest BCUT2D eigenvalue weighted by Gasteiger charge is -2.20. The van der Waals surface area contributed by atoms with E-state index in [-0.39, 0.29) is 17.8 Å². The van der Waals surface area contributed by atoms with Crippen LogP contribution in [0.5, 0.6) is 5.75 Å². The third kappa shape index (κ3) is 3.40. The van der Waals surface area contributed by atoms with Crippen molar-refractivity contribution in [1.82, 2.24) is 0 Å². The summed E-state index contributed by atoms with van der Waals surface area (Å²) in [5.74, 6) is 0.875. The van der Waals surface area contributed by atoms with Crippen molar-refractivity contribution in [2.45, 2.75) is 32.7 Å². The molecule has 86 valence electrons. The fourth-order valence-corrected chi connectivity index (χ4v) is 1.40. The standard InChI is InChI=1S/C12H19NO.ClH/c1-12(2,3)10-5-6-11(14-4)9(7-10)8-13;/h5-7H,8,13H2,1-4H3;1H. The van der Waals surface area contributed by atoms with Gasteiger partial charge in [-0.05, 0) is 17.0 Å². The minimum Gasteiger partial charge on any atom is -0.496 e. The van der Waals surface area contributed by atoms with Gasteiger partial charge in [-0.15, -0.1) is 12.4 Å². The molecule has 0 atom stereocenters. The Hall–Kier alpha value is -0.730. The summed E-state index contributed by atoms with van der Waals surface area (Å²) in [5.41, 5.74) is 8.18. The number of benzene rings is 1. The van der Waals surface area contributed by atoms with Gasteiger partial charge in [0.05, 0.1) is 7.11 Å². The molecule has 0 amide bonds. The number of hydrogen-bond acceptors (Lipinski definition) is 2. The molecule has 15 heavy (non-hydrogen) atoms. The molecule has 0 aliphatic carbocycles. The van der Waals surface area contributed by atoms with E-state index in [1.807, 2.05) is 6.07 Å². The fraction of sp³-hybridized carbons (Fsp3) is 0.500. The lowest BCUT2D eigenvalue weighted by Crippen LogP contribution is -2.12. The number of halogens is 1. The van der Waals surface area contributed by atoms with Crippen molar-refractivity contribution >= 4 is 12.4 Å². The Morgan fingerprint density at radius 1 is 1.27 bits per heavy atom. The van der Waals surface area contributed by atoms with Crippen LogP contribution in [-0.4, -0.2) is 7.11 Å². The first-order valence-corrected chi connectivity index (χ1v) is 4.86. The van der Waals surface area contributed by atoms with Crippen LogP contribution in [-0.2, 0) is 12.0 Å². The average molecular weight is 230 g/mol. The van der Waals surface area contributed by atoms with Crippen LogP contribution in [0.1, 0.15) is 31.9 Å². The molecule has 0 aromatic heterocycles. The molecule has 0 radical (unpaired) electrons. The largest absolute Gasteiger partial charge is 0.496 e. The van der Waals surface area contributed by atoms with Crippen LogP contribution in [0.25, 0.3) is 0 Å². The van der Waals surface area contributed by atoms with Gasteiger partial charge in [-0.25, -0.2) is 0 Å². The van der Waals surface area contributed by atoms with E-state index in [0.717, 1.165) is 11.3 Å². The fourth-order valence-electron chi connectivity index (χ4n) is 1.40. The monoisotopic (exact) mass is 229 g/mol. The maximum Gasteiger partial charge on any atom is 0.123 e. The zero-order valence-corrected chi connectivity index (χ0v) is 10.6. The van der Waals surface area contributed by atoms with Gasteiger partial charge in [0, 0.05) is 12.1 Å². The van der Waals surface area contributed by atoms with Gasteiger partial charge in [0.1, 0.15) is 5.75 Å². The van der Waals surface area contributed by atoms with Crippen molar-refractivity contribution in [3.63, 3.8) is 0 Å². The molecule has 1 rings (SSSR count). The van der Waals surface area contributed by atoms with Gasteiger partial charge in [0.25, 0.3) is 0 Å². The summed E-state index contributed by atoms with van der Waals surface area (Å²) in [5, 5.41) is 0. The average Bonchev–Trinajstić information content (AvgIpc) is 2.15. The summed E-state index contributed by atoms with van der Waals surface area (Å²) in [7, 11) is 1.67. The third-order valence-electron chi connectivity index (χ3n) is 2.37. The molecule has 0 saturated carbocycles. The number of nitrogens with two attached hydrogens (primary N) is 1. The molecule has 2 N–H and O–H groups in total. The van der Waals surface area contributed by atoms with Crippen LogP contribution in [0.3, 0.4) is 0 Å². The van der Waals surface area contributed by atoms with E-state index in [4.69, 9.17) is 10.5 Å². The molecule has 0 aliphatic heterocycles. The van der Waals surface area contributed by atoms with E-state index in [1.54, 1.807) is 7.11 Å². The summed E-state index contributed by atoms with van der Waals surface area (Å²) in [4.78, 5) is 0. The van der Waals surface area contributed by atoms with Gasteiger partial charge in [0.2, 0.25) is 0 Å². The van der Waals surface area contributed by atoms with Crippen molar-refractivity contribution in [1.29, 1.82) is 0 Å². The summed E-state index contributed by atoms with van der Waals surface area (Å²) in [6, 6.07) is 6.21. The van der Waals surface area contributed by atoms with Crippen molar-refractivity contribution in [2.75, 3.05) is 7.11 Å². The highest BCUT2D eigenvalue weighted by molar-refractivity contribution is 5.85. The van der Waals surface area contributed by atoms with Crippen molar-refractivity contribution in [3.05, 3.63) is 29.3 Å². The second kappa shape index (κ2) is 5.38. The predicted molar refractivity (Wildman–Crippen MR) is 66.8 cm³/mol. The van der Waals surface area contributed by atoms with Gasteiger partial charge in [0.15, 0.2) is 0 Å². The molecule has 3 heteroatoms. The highest BCUT2D eigenvalue weighted by Gasteiger charge is 2.15. The van der Waals surface area contributed by atoms with Gasteiger partial charge in [-0.3, -0.25) is 0 Å². The van der Waals surface area contributed by atoms with Gasteiger partial charge >= 0.3 is 0 Å². The third-order valence-corrected chi connectivity index (χ3v) is 2.37. The van der Waals surface area contributed by atoms with Crippen LogP contribution >= 0.6 is 12.4 Å². The molecular formula is C12H20ClNO. The number of hydrogen-bond donors (Lipinski definition) is 1. The Morgan fingerprint density at radius 3 is 2.27 bits per heavy atom. The van der Waals surface area contributed by atoms with Crippen LogP contribution in [0.2, 0.25) is 0 Å². The van der Waals surface area contributed by atoms with Crippen LogP contribution < -0.4 is 10.5 Å². The molecule has 0 fully saturated rings. The Morgan fingerprint density at radius 2 is 1.87 bits per heavy atom. The molecule has 1 aromatic carbocycles. The smallest absolute Gasteiger partial charge is 0.123 e. The number of ether oxygens (including phenoxy) is 1. The lowest BCUT2D eigenvalue weighted by molar-refractivity contribution is 0.409. The van der Waals surface area contributed by atoms with Crippen LogP contribution in [0.15, 0.2) is 18.2 Å².